The van der Waals surface area contributed by atoms with Gasteiger partial charge in [0.05, 0.1) is 19.0 Å². The van der Waals surface area contributed by atoms with Crippen molar-refractivity contribution < 1.29 is 12.8 Å². The second kappa shape index (κ2) is 6.00. The normalized spacial score (nSPS) is 11.8. The lowest BCUT2D eigenvalue weighted by atomic mass is 10.4. The molecule has 0 radical (unpaired) electrons. The fourth-order valence-corrected chi connectivity index (χ4v) is 2.47. The highest BCUT2D eigenvalue weighted by Crippen LogP contribution is 2.09. The van der Waals surface area contributed by atoms with Gasteiger partial charge < -0.3 is 10.2 Å². The van der Waals surface area contributed by atoms with Gasteiger partial charge in [-0.05, 0) is 25.1 Å². The number of nitrogens with zero attached hydrogens (tertiary/aromatic N) is 2. The van der Waals surface area contributed by atoms with E-state index in [2.05, 4.69) is 9.82 Å². The lowest BCUT2D eigenvalue weighted by Gasteiger charge is -2.02. The summed E-state index contributed by atoms with van der Waals surface area (Å²) in [7, 11) is -3.57. The summed E-state index contributed by atoms with van der Waals surface area (Å²) in [5.74, 6) is 0.555. The van der Waals surface area contributed by atoms with Gasteiger partial charge in [-0.25, -0.2) is 13.1 Å². The Hall–Kier alpha value is -1.64. The van der Waals surface area contributed by atoms with Crippen LogP contribution in [0.1, 0.15) is 12.2 Å². The minimum absolute atomic E-state index is 0.114. The van der Waals surface area contributed by atoms with Gasteiger partial charge in [-0.3, -0.25) is 4.68 Å². The summed E-state index contributed by atoms with van der Waals surface area (Å²) in [5, 5.41) is 3.98. The van der Waals surface area contributed by atoms with Crippen molar-refractivity contribution in [3.63, 3.8) is 0 Å². The van der Waals surface area contributed by atoms with Crippen LogP contribution in [-0.2, 0) is 23.1 Å². The van der Waals surface area contributed by atoms with Crippen molar-refractivity contribution in [2.45, 2.75) is 24.4 Å². The molecule has 0 unspecified atom stereocenters. The van der Waals surface area contributed by atoms with Crippen LogP contribution in [0.4, 0.5) is 0 Å². The van der Waals surface area contributed by atoms with E-state index in [9.17, 15) is 8.42 Å². The number of nitrogens with one attached hydrogen (secondary N) is 1. The van der Waals surface area contributed by atoms with Gasteiger partial charge in [-0.2, -0.15) is 5.10 Å². The van der Waals surface area contributed by atoms with E-state index in [1.54, 1.807) is 16.8 Å². The zero-order valence-electron chi connectivity index (χ0n) is 10.3. The summed E-state index contributed by atoms with van der Waals surface area (Å²) < 4.78 is 33.0. The lowest BCUT2D eigenvalue weighted by molar-refractivity contribution is 0.498. The first-order valence-corrected chi connectivity index (χ1v) is 7.35. The highest BCUT2D eigenvalue weighted by molar-refractivity contribution is 7.89. The Morgan fingerprint density at radius 1 is 1.47 bits per heavy atom. The molecule has 3 N–H and O–H groups in total. The van der Waals surface area contributed by atoms with Gasteiger partial charge in [-0.15, -0.1) is 0 Å². The molecule has 0 aliphatic carbocycles. The largest absolute Gasteiger partial charge is 0.468 e. The number of furan rings is 1. The van der Waals surface area contributed by atoms with E-state index in [0.29, 0.717) is 18.8 Å². The maximum atomic E-state index is 12.0. The number of aromatic nitrogens is 2. The maximum absolute atomic E-state index is 12.0. The summed E-state index contributed by atoms with van der Waals surface area (Å²) in [4.78, 5) is 0.135. The third-order valence-electron chi connectivity index (χ3n) is 2.53. The van der Waals surface area contributed by atoms with Crippen LogP contribution in [-0.4, -0.2) is 24.7 Å². The molecular formula is C11H16N4O3S. The molecule has 2 rings (SSSR count). The van der Waals surface area contributed by atoms with Gasteiger partial charge in [0.2, 0.25) is 10.0 Å². The zero-order chi connectivity index (χ0) is 13.7. The van der Waals surface area contributed by atoms with Crippen molar-refractivity contribution in [1.29, 1.82) is 0 Å². The minimum Gasteiger partial charge on any atom is -0.468 e. The lowest BCUT2D eigenvalue weighted by Crippen LogP contribution is -2.22. The van der Waals surface area contributed by atoms with Crippen molar-refractivity contribution in [2.75, 3.05) is 6.54 Å². The second-order valence-electron chi connectivity index (χ2n) is 3.99. The van der Waals surface area contributed by atoms with Crippen LogP contribution in [0.2, 0.25) is 0 Å². The number of hydrogen-bond acceptors (Lipinski definition) is 5. The molecule has 19 heavy (non-hydrogen) atoms. The standard InChI is InChI=1S/C11H16N4O3S/c12-4-2-5-15-9-11(8-13-15)19(16,17)14-7-10-3-1-6-18-10/h1,3,6,8-9,14H,2,4-5,7,12H2. The Balaban J connectivity index is 2.00. The quantitative estimate of drug-likeness (QED) is 0.761. The average Bonchev–Trinajstić information content (AvgIpc) is 3.05. The van der Waals surface area contributed by atoms with Crippen LogP contribution in [0, 0.1) is 0 Å². The molecule has 7 nitrogen and oxygen atoms in total. The Kier molecular flexibility index (Phi) is 4.35. The van der Waals surface area contributed by atoms with Gasteiger partial charge in [0, 0.05) is 12.7 Å². The van der Waals surface area contributed by atoms with Gasteiger partial charge in [-0.1, -0.05) is 0 Å². The molecule has 8 heteroatoms. The van der Waals surface area contributed by atoms with E-state index >= 15 is 0 Å². The molecule has 0 amide bonds. The first-order valence-electron chi connectivity index (χ1n) is 5.86. The fourth-order valence-electron chi connectivity index (χ4n) is 1.52. The number of aryl methyl sites for hydroxylation is 1. The van der Waals surface area contributed by atoms with Crippen LogP contribution in [0.5, 0.6) is 0 Å². The topological polar surface area (TPSA) is 103 Å². The van der Waals surface area contributed by atoms with Crippen LogP contribution in [0.15, 0.2) is 40.1 Å². The third kappa shape index (κ3) is 3.66. The van der Waals surface area contributed by atoms with Crippen molar-refractivity contribution in [1.82, 2.24) is 14.5 Å². The monoisotopic (exact) mass is 284 g/mol. The van der Waals surface area contributed by atoms with Crippen molar-refractivity contribution >= 4 is 10.0 Å². The first-order chi connectivity index (χ1) is 9.12. The molecule has 0 aromatic carbocycles. The van der Waals surface area contributed by atoms with E-state index in [-0.39, 0.29) is 11.4 Å². The molecular weight excluding hydrogens is 268 g/mol. The van der Waals surface area contributed by atoms with E-state index in [0.717, 1.165) is 6.42 Å². The Labute approximate surface area is 111 Å². The molecule has 0 bridgehead atoms. The van der Waals surface area contributed by atoms with E-state index in [1.807, 2.05) is 0 Å². The number of rotatable bonds is 7. The fraction of sp³-hybridized carbons (Fsp3) is 0.364. The van der Waals surface area contributed by atoms with E-state index in [1.165, 1.54) is 18.7 Å². The average molecular weight is 284 g/mol. The van der Waals surface area contributed by atoms with Gasteiger partial charge in [0.15, 0.2) is 0 Å². The van der Waals surface area contributed by atoms with Crippen LogP contribution in [0.25, 0.3) is 0 Å². The van der Waals surface area contributed by atoms with Crippen LogP contribution in [0.3, 0.4) is 0 Å². The zero-order valence-corrected chi connectivity index (χ0v) is 11.1. The smallest absolute Gasteiger partial charge is 0.244 e. The molecule has 0 spiro atoms. The SMILES string of the molecule is NCCCn1cc(S(=O)(=O)NCc2ccco2)cn1. The van der Waals surface area contributed by atoms with E-state index < -0.39 is 10.0 Å². The molecule has 2 aromatic heterocycles. The Bertz CT molecular complexity index is 604. The summed E-state index contributed by atoms with van der Waals surface area (Å²) in [5.41, 5.74) is 5.39. The highest BCUT2D eigenvalue weighted by Gasteiger charge is 2.16. The van der Waals surface area contributed by atoms with Crippen LogP contribution >= 0.6 is 0 Å². The minimum atomic E-state index is -3.57. The highest BCUT2D eigenvalue weighted by atomic mass is 32.2. The predicted molar refractivity (Wildman–Crippen MR) is 68.6 cm³/mol. The van der Waals surface area contributed by atoms with Crippen molar-refractivity contribution in [3.05, 3.63) is 36.5 Å². The van der Waals surface area contributed by atoms with Gasteiger partial charge >= 0.3 is 0 Å². The number of sulfonamides is 1. The van der Waals surface area contributed by atoms with E-state index in [4.69, 9.17) is 10.2 Å². The molecule has 0 aliphatic rings. The first kappa shape index (κ1) is 13.8. The van der Waals surface area contributed by atoms with Crippen molar-refractivity contribution in [3.8, 4) is 0 Å². The summed E-state index contributed by atoms with van der Waals surface area (Å²) in [6, 6.07) is 3.40. The summed E-state index contributed by atoms with van der Waals surface area (Å²) in [6.07, 6.45) is 5.05. The number of nitrogens with two attached hydrogens (primary N) is 1. The number of hydrogen-bond donors (Lipinski definition) is 2. The summed E-state index contributed by atoms with van der Waals surface area (Å²) in [6.45, 7) is 1.26. The molecule has 2 heterocycles. The van der Waals surface area contributed by atoms with Crippen molar-refractivity contribution in [2.24, 2.45) is 5.73 Å². The molecule has 0 aliphatic heterocycles. The molecule has 104 valence electrons. The molecule has 0 saturated heterocycles. The maximum Gasteiger partial charge on any atom is 0.244 e. The second-order valence-corrected chi connectivity index (χ2v) is 5.75. The summed E-state index contributed by atoms with van der Waals surface area (Å²) >= 11 is 0. The van der Waals surface area contributed by atoms with Crippen LogP contribution < -0.4 is 10.5 Å². The molecule has 0 fully saturated rings. The molecule has 2 aromatic rings. The van der Waals surface area contributed by atoms with Gasteiger partial charge in [0.1, 0.15) is 10.7 Å². The Morgan fingerprint density at radius 2 is 2.32 bits per heavy atom. The molecule has 0 saturated carbocycles. The third-order valence-corrected chi connectivity index (χ3v) is 3.88. The Morgan fingerprint density at radius 3 is 3.00 bits per heavy atom. The van der Waals surface area contributed by atoms with Gasteiger partial charge in [0.25, 0.3) is 0 Å². The molecule has 0 atom stereocenters. The predicted octanol–water partition coefficient (Wildman–Crippen LogP) is 0.303.